The number of methoxy groups -OCH3 is 1. The first-order valence-electron chi connectivity index (χ1n) is 11.8. The molecule has 0 unspecified atom stereocenters. The molecule has 39 heavy (non-hydrogen) atoms. The Morgan fingerprint density at radius 1 is 0.897 bits per heavy atom. The number of Topliss-reactive ketones (excluding diaryl/α,β-unsaturated/α-hetero) is 1. The van der Waals surface area contributed by atoms with Crippen LogP contribution < -0.4 is 15.4 Å². The van der Waals surface area contributed by atoms with Gasteiger partial charge >= 0.3 is 18.3 Å². The fourth-order valence-electron chi connectivity index (χ4n) is 4.04. The Labute approximate surface area is 220 Å². The molecule has 0 aliphatic heterocycles. The number of carboxylic acids is 1. The zero-order valence-electron chi connectivity index (χ0n) is 21.1. The van der Waals surface area contributed by atoms with Crippen molar-refractivity contribution in [3.8, 4) is 16.9 Å². The molecule has 1 fully saturated rings. The molecule has 3 N–H and O–H groups in total. The number of nitrogens with one attached hydrogen (secondary N) is 2. The Balaban J connectivity index is 0.000000673. The number of alkyl halides is 6. The molecule has 0 bridgehead atoms. The van der Waals surface area contributed by atoms with Crippen molar-refractivity contribution in [2.24, 2.45) is 5.92 Å². The van der Waals surface area contributed by atoms with Gasteiger partial charge in [0, 0.05) is 29.6 Å². The van der Waals surface area contributed by atoms with Gasteiger partial charge in [0.25, 0.3) is 5.78 Å². The Morgan fingerprint density at radius 3 is 1.90 bits per heavy atom. The summed E-state index contributed by atoms with van der Waals surface area (Å²) in [6, 6.07) is 11.1. The predicted octanol–water partition coefficient (Wildman–Crippen LogP) is 5.13. The maximum atomic E-state index is 12.6. The van der Waals surface area contributed by atoms with Crippen molar-refractivity contribution in [3.05, 3.63) is 53.6 Å². The summed E-state index contributed by atoms with van der Waals surface area (Å²) in [5, 5.41) is 13.4. The molecule has 1 aliphatic carbocycles. The standard InChI is InChI=1S/C24H27F3N2O3.C2HF3O2/c1-28-20-10-7-17(8-11-20)23(31)29-14-19-13-18(9-12-21(19)32-2)15-3-5-16(6-4-15)22(30)24(25,26)27;3-2(4,5)1(6)7/h3-6,9,12-13,17,20,28H,7-8,10-11,14H2,1-2H3,(H,29,31);(H,6,7). The lowest BCUT2D eigenvalue weighted by atomic mass is 9.85. The number of hydrogen-bond acceptors (Lipinski definition) is 5. The molecular formula is C26H28F6N2O5. The second kappa shape index (κ2) is 13.5. The van der Waals surface area contributed by atoms with Crippen molar-refractivity contribution in [1.29, 1.82) is 0 Å². The van der Waals surface area contributed by atoms with Gasteiger partial charge in [-0.25, -0.2) is 4.79 Å². The molecule has 0 spiro atoms. The van der Waals surface area contributed by atoms with Crippen molar-refractivity contribution >= 4 is 17.7 Å². The highest BCUT2D eigenvalue weighted by molar-refractivity contribution is 6.00. The number of benzene rings is 2. The van der Waals surface area contributed by atoms with Crippen LogP contribution in [0.15, 0.2) is 42.5 Å². The fourth-order valence-corrected chi connectivity index (χ4v) is 4.04. The zero-order valence-corrected chi connectivity index (χ0v) is 21.1. The van der Waals surface area contributed by atoms with Crippen LogP contribution in [0.4, 0.5) is 26.3 Å². The number of carbonyl (C=O) groups is 3. The van der Waals surface area contributed by atoms with Crippen molar-refractivity contribution in [3.63, 3.8) is 0 Å². The van der Waals surface area contributed by atoms with Gasteiger partial charge < -0.3 is 20.5 Å². The lowest BCUT2D eigenvalue weighted by molar-refractivity contribution is -0.192. The van der Waals surface area contributed by atoms with E-state index in [1.54, 1.807) is 12.1 Å². The summed E-state index contributed by atoms with van der Waals surface area (Å²) in [5.41, 5.74) is 1.76. The number of amides is 1. The second-order valence-corrected chi connectivity index (χ2v) is 8.79. The van der Waals surface area contributed by atoms with Crippen LogP contribution in [0.3, 0.4) is 0 Å². The lowest BCUT2D eigenvalue weighted by Gasteiger charge is -2.27. The molecule has 1 amide bonds. The van der Waals surface area contributed by atoms with E-state index in [1.165, 1.54) is 31.4 Å². The summed E-state index contributed by atoms with van der Waals surface area (Å²) in [6.07, 6.45) is -6.35. The second-order valence-electron chi connectivity index (χ2n) is 8.79. The summed E-state index contributed by atoms with van der Waals surface area (Å²) in [7, 11) is 3.48. The highest BCUT2D eigenvalue weighted by Gasteiger charge is 2.39. The van der Waals surface area contributed by atoms with E-state index in [0.717, 1.165) is 36.8 Å². The van der Waals surface area contributed by atoms with Crippen LogP contribution in [-0.4, -0.2) is 55.3 Å². The molecule has 214 valence electrons. The van der Waals surface area contributed by atoms with Crippen LogP contribution in [0.2, 0.25) is 0 Å². The minimum atomic E-state index is -5.08. The molecule has 0 saturated heterocycles. The van der Waals surface area contributed by atoms with Crippen LogP contribution in [0.1, 0.15) is 41.6 Å². The van der Waals surface area contributed by atoms with Crippen LogP contribution >= 0.6 is 0 Å². The smallest absolute Gasteiger partial charge is 0.490 e. The molecule has 1 saturated carbocycles. The Hall–Kier alpha value is -3.61. The molecule has 2 aromatic carbocycles. The van der Waals surface area contributed by atoms with E-state index in [4.69, 9.17) is 14.6 Å². The van der Waals surface area contributed by atoms with Crippen molar-refractivity contribution < 1.29 is 50.6 Å². The highest BCUT2D eigenvalue weighted by Crippen LogP contribution is 2.29. The maximum absolute atomic E-state index is 12.6. The number of ketones is 1. The molecule has 0 heterocycles. The number of rotatable bonds is 7. The molecule has 3 rings (SSSR count). The predicted molar refractivity (Wildman–Crippen MR) is 129 cm³/mol. The highest BCUT2D eigenvalue weighted by atomic mass is 19.4. The molecule has 13 heteroatoms. The van der Waals surface area contributed by atoms with Gasteiger partial charge in [0.2, 0.25) is 5.91 Å². The topological polar surface area (TPSA) is 105 Å². The van der Waals surface area contributed by atoms with Crippen molar-refractivity contribution in [1.82, 2.24) is 10.6 Å². The van der Waals surface area contributed by atoms with E-state index in [2.05, 4.69) is 10.6 Å². The lowest BCUT2D eigenvalue weighted by Crippen LogP contribution is -2.37. The summed E-state index contributed by atoms with van der Waals surface area (Å²) in [5.74, 6) is -4.01. The monoisotopic (exact) mass is 562 g/mol. The first-order valence-corrected chi connectivity index (χ1v) is 11.8. The van der Waals surface area contributed by atoms with Gasteiger partial charge in [0.15, 0.2) is 0 Å². The van der Waals surface area contributed by atoms with Crippen LogP contribution in [0, 0.1) is 5.92 Å². The van der Waals surface area contributed by atoms with Crippen LogP contribution in [-0.2, 0) is 16.1 Å². The van der Waals surface area contributed by atoms with E-state index in [0.29, 0.717) is 17.4 Å². The molecule has 2 aromatic rings. The Morgan fingerprint density at radius 2 is 1.44 bits per heavy atom. The first-order chi connectivity index (χ1) is 18.2. The van der Waals surface area contributed by atoms with Gasteiger partial charge in [-0.15, -0.1) is 0 Å². The van der Waals surface area contributed by atoms with Gasteiger partial charge in [0.1, 0.15) is 5.75 Å². The molecule has 1 aliphatic rings. The summed E-state index contributed by atoms with van der Waals surface area (Å²) < 4.78 is 75.0. The van der Waals surface area contributed by atoms with E-state index in [9.17, 15) is 35.9 Å². The molecule has 0 atom stereocenters. The quantitative estimate of drug-likeness (QED) is 0.319. The zero-order chi connectivity index (χ0) is 29.4. The Bertz CT molecular complexity index is 1140. The van der Waals surface area contributed by atoms with Crippen LogP contribution in [0.25, 0.3) is 11.1 Å². The van der Waals surface area contributed by atoms with Crippen LogP contribution in [0.5, 0.6) is 5.75 Å². The van der Waals surface area contributed by atoms with E-state index < -0.39 is 29.7 Å². The minimum absolute atomic E-state index is 0.00695. The average molecular weight is 563 g/mol. The van der Waals surface area contributed by atoms with Gasteiger partial charge in [-0.05, 0) is 56.0 Å². The van der Waals surface area contributed by atoms with Gasteiger partial charge in [-0.2, -0.15) is 26.3 Å². The summed E-state index contributed by atoms with van der Waals surface area (Å²) in [4.78, 5) is 32.9. The van der Waals surface area contributed by atoms with E-state index in [-0.39, 0.29) is 18.4 Å². The summed E-state index contributed by atoms with van der Waals surface area (Å²) >= 11 is 0. The maximum Gasteiger partial charge on any atom is 0.490 e. The third kappa shape index (κ3) is 9.27. The number of carbonyl (C=O) groups excluding carboxylic acids is 2. The normalized spacial score (nSPS) is 17.4. The molecular weight excluding hydrogens is 534 g/mol. The van der Waals surface area contributed by atoms with Crippen molar-refractivity contribution in [2.45, 2.75) is 50.6 Å². The Kier molecular flexibility index (Phi) is 10.9. The van der Waals surface area contributed by atoms with Gasteiger partial charge in [0.05, 0.1) is 7.11 Å². The number of carboxylic acid groups (broad SMARTS) is 1. The summed E-state index contributed by atoms with van der Waals surface area (Å²) in [6.45, 7) is 0.284. The number of halogens is 6. The van der Waals surface area contributed by atoms with E-state index >= 15 is 0 Å². The third-order valence-corrected chi connectivity index (χ3v) is 6.22. The number of hydrogen-bond donors (Lipinski definition) is 3. The molecule has 7 nitrogen and oxygen atoms in total. The first kappa shape index (κ1) is 31.6. The average Bonchev–Trinajstić information content (AvgIpc) is 2.90. The number of aliphatic carboxylic acids is 1. The molecule has 0 radical (unpaired) electrons. The number of ether oxygens (including phenoxy) is 1. The largest absolute Gasteiger partial charge is 0.496 e. The molecule has 0 aromatic heterocycles. The van der Waals surface area contributed by atoms with Crippen molar-refractivity contribution in [2.75, 3.05) is 14.2 Å². The fraction of sp³-hybridized carbons (Fsp3) is 0.423. The van der Waals surface area contributed by atoms with Gasteiger partial charge in [-0.1, -0.05) is 30.3 Å². The third-order valence-electron chi connectivity index (χ3n) is 6.22. The van der Waals surface area contributed by atoms with Gasteiger partial charge in [-0.3, -0.25) is 9.59 Å². The minimum Gasteiger partial charge on any atom is -0.496 e. The van der Waals surface area contributed by atoms with E-state index in [1.807, 2.05) is 13.1 Å². The SMILES string of the molecule is CNC1CCC(C(=O)NCc2cc(-c3ccc(C(=O)C(F)(F)F)cc3)ccc2OC)CC1.O=C(O)C(F)(F)F.